The number of allylic oxidation sites excluding steroid dienone is 1. The highest BCUT2D eigenvalue weighted by Crippen LogP contribution is 2.21. The van der Waals surface area contributed by atoms with Crippen LogP contribution in [0.25, 0.3) is 0 Å². The Morgan fingerprint density at radius 2 is 2.06 bits per heavy atom. The summed E-state index contributed by atoms with van der Waals surface area (Å²) >= 11 is 0. The van der Waals surface area contributed by atoms with E-state index in [1.54, 1.807) is 31.0 Å². The molecule has 2 rings (SSSR count). The summed E-state index contributed by atoms with van der Waals surface area (Å²) in [6, 6.07) is 5.93. The van der Waals surface area contributed by atoms with E-state index >= 15 is 0 Å². The highest BCUT2D eigenvalue weighted by Gasteiger charge is 2.25. The molecule has 0 atom stereocenters. The predicted octanol–water partition coefficient (Wildman–Crippen LogP) is 1.45. The lowest BCUT2D eigenvalue weighted by Crippen LogP contribution is -2.38. The molecule has 0 saturated carbocycles. The van der Waals surface area contributed by atoms with E-state index in [1.165, 1.54) is 12.1 Å². The zero-order valence-electron chi connectivity index (χ0n) is 10.2. The lowest BCUT2D eigenvalue weighted by Gasteiger charge is -2.18. The Bertz CT molecular complexity index is 485. The molecule has 1 aliphatic heterocycles. The molecule has 0 aromatic heterocycles. The van der Waals surface area contributed by atoms with Gasteiger partial charge in [0.1, 0.15) is 5.82 Å². The first-order valence-electron chi connectivity index (χ1n) is 5.59. The van der Waals surface area contributed by atoms with Crippen LogP contribution in [0.4, 0.5) is 10.1 Å². The molecule has 1 aromatic carbocycles. The lowest BCUT2D eigenvalue weighted by atomic mass is 10.2. The minimum Gasteiger partial charge on any atom is -0.461 e. The molecule has 1 aliphatic rings. The van der Waals surface area contributed by atoms with Gasteiger partial charge >= 0.3 is 5.97 Å². The number of halogens is 1. The summed E-state index contributed by atoms with van der Waals surface area (Å²) in [6.45, 7) is 3.82. The number of ether oxygens (including phenoxy) is 1. The maximum absolute atomic E-state index is 12.8. The second kappa shape index (κ2) is 5.05. The van der Waals surface area contributed by atoms with Crippen LogP contribution in [0, 0.1) is 5.82 Å². The average Bonchev–Trinajstić information content (AvgIpc) is 2.73. The number of carbonyl (C=O) groups excluding carboxylic acids is 1. The number of nitrogens with zero attached hydrogens (tertiary/aromatic N) is 1. The zero-order chi connectivity index (χ0) is 13.1. The van der Waals surface area contributed by atoms with Crippen molar-refractivity contribution < 1.29 is 13.9 Å². The van der Waals surface area contributed by atoms with Crippen LogP contribution < -0.4 is 16.0 Å². The van der Waals surface area contributed by atoms with Crippen molar-refractivity contribution in [2.45, 2.75) is 13.8 Å². The van der Waals surface area contributed by atoms with Gasteiger partial charge in [0.2, 0.25) is 0 Å². The standard InChI is InChI=1S/C12H14FN3O2/c1-3-18-12(17)11-8(2)16(15-14-11)10-6-4-9(13)5-7-10/h4-7,14-15H,3H2,1-2H3. The molecule has 18 heavy (non-hydrogen) atoms. The molecule has 5 nitrogen and oxygen atoms in total. The Kier molecular flexibility index (Phi) is 3.47. The second-order valence-corrected chi connectivity index (χ2v) is 3.73. The summed E-state index contributed by atoms with van der Waals surface area (Å²) in [5.74, 6) is -0.731. The first kappa shape index (κ1) is 12.4. The quantitative estimate of drug-likeness (QED) is 0.796. The molecule has 0 aliphatic carbocycles. The van der Waals surface area contributed by atoms with Crippen molar-refractivity contribution in [1.82, 2.24) is 11.0 Å². The van der Waals surface area contributed by atoms with E-state index in [1.807, 2.05) is 0 Å². The number of hydrogen-bond donors (Lipinski definition) is 2. The maximum Gasteiger partial charge on any atom is 0.357 e. The molecule has 0 spiro atoms. The molecule has 0 unspecified atom stereocenters. The summed E-state index contributed by atoms with van der Waals surface area (Å²) in [5, 5.41) is 1.64. The van der Waals surface area contributed by atoms with Crippen LogP contribution in [0.1, 0.15) is 13.8 Å². The topological polar surface area (TPSA) is 53.6 Å². The predicted molar refractivity (Wildman–Crippen MR) is 64.5 cm³/mol. The number of rotatable bonds is 3. The van der Waals surface area contributed by atoms with Crippen molar-refractivity contribution >= 4 is 11.7 Å². The summed E-state index contributed by atoms with van der Waals surface area (Å²) in [4.78, 5) is 11.6. The van der Waals surface area contributed by atoms with E-state index in [-0.39, 0.29) is 5.82 Å². The molecule has 0 bridgehead atoms. The fraction of sp³-hybridized carbons (Fsp3) is 0.250. The monoisotopic (exact) mass is 251 g/mol. The smallest absolute Gasteiger partial charge is 0.357 e. The van der Waals surface area contributed by atoms with E-state index in [4.69, 9.17) is 4.74 Å². The highest BCUT2D eigenvalue weighted by molar-refractivity contribution is 5.90. The van der Waals surface area contributed by atoms with E-state index in [0.29, 0.717) is 18.0 Å². The van der Waals surface area contributed by atoms with E-state index < -0.39 is 5.97 Å². The number of anilines is 1. The molecule has 1 aromatic rings. The number of nitrogens with one attached hydrogen (secondary N) is 2. The van der Waals surface area contributed by atoms with Gasteiger partial charge in [-0.2, -0.15) is 0 Å². The van der Waals surface area contributed by atoms with Gasteiger partial charge in [-0.15, -0.1) is 5.53 Å². The largest absolute Gasteiger partial charge is 0.461 e. The minimum atomic E-state index is -0.424. The molecule has 6 heteroatoms. The van der Waals surface area contributed by atoms with Crippen LogP contribution in [0.3, 0.4) is 0 Å². The average molecular weight is 251 g/mol. The van der Waals surface area contributed by atoms with Crippen LogP contribution in [0.5, 0.6) is 0 Å². The molecule has 1 heterocycles. The molecular weight excluding hydrogens is 237 g/mol. The van der Waals surface area contributed by atoms with Crippen molar-refractivity contribution in [1.29, 1.82) is 0 Å². The van der Waals surface area contributed by atoms with Crippen LogP contribution in [0.15, 0.2) is 35.7 Å². The number of carbonyl (C=O) groups is 1. The van der Waals surface area contributed by atoms with Gasteiger partial charge in [-0.1, -0.05) is 0 Å². The van der Waals surface area contributed by atoms with Gasteiger partial charge in [-0.05, 0) is 38.1 Å². The summed E-state index contributed by atoms with van der Waals surface area (Å²) in [5.41, 5.74) is 7.30. The van der Waals surface area contributed by atoms with Crippen molar-refractivity contribution in [3.63, 3.8) is 0 Å². The normalized spacial score (nSPS) is 14.7. The van der Waals surface area contributed by atoms with Crippen LogP contribution in [-0.4, -0.2) is 12.6 Å². The molecule has 0 amide bonds. The minimum absolute atomic E-state index is 0.307. The Morgan fingerprint density at radius 3 is 2.67 bits per heavy atom. The van der Waals surface area contributed by atoms with E-state index in [9.17, 15) is 9.18 Å². The fourth-order valence-electron chi connectivity index (χ4n) is 1.65. The van der Waals surface area contributed by atoms with E-state index in [2.05, 4.69) is 11.0 Å². The molecule has 0 saturated heterocycles. The molecule has 0 fully saturated rings. The molecular formula is C12H14FN3O2. The first-order valence-corrected chi connectivity index (χ1v) is 5.59. The lowest BCUT2D eigenvalue weighted by molar-refractivity contribution is -0.139. The number of esters is 1. The Morgan fingerprint density at radius 1 is 1.39 bits per heavy atom. The van der Waals surface area contributed by atoms with Crippen molar-refractivity contribution in [3.05, 3.63) is 41.5 Å². The van der Waals surface area contributed by atoms with E-state index in [0.717, 1.165) is 5.69 Å². The van der Waals surface area contributed by atoms with Crippen molar-refractivity contribution in [3.8, 4) is 0 Å². The van der Waals surface area contributed by atoms with Gasteiger partial charge < -0.3 is 4.74 Å². The maximum atomic E-state index is 12.8. The van der Waals surface area contributed by atoms with Gasteiger partial charge in [0, 0.05) is 0 Å². The van der Waals surface area contributed by atoms with Crippen LogP contribution in [-0.2, 0) is 9.53 Å². The molecule has 2 N–H and O–H groups in total. The number of hydrogen-bond acceptors (Lipinski definition) is 5. The third-order valence-corrected chi connectivity index (χ3v) is 2.55. The fourth-order valence-corrected chi connectivity index (χ4v) is 1.65. The third-order valence-electron chi connectivity index (χ3n) is 2.55. The second-order valence-electron chi connectivity index (χ2n) is 3.73. The third kappa shape index (κ3) is 2.28. The molecule has 0 radical (unpaired) electrons. The first-order chi connectivity index (χ1) is 8.63. The van der Waals surface area contributed by atoms with Gasteiger partial charge in [-0.3, -0.25) is 10.4 Å². The number of benzene rings is 1. The van der Waals surface area contributed by atoms with Crippen molar-refractivity contribution in [2.75, 3.05) is 11.6 Å². The Balaban J connectivity index is 2.22. The van der Waals surface area contributed by atoms with Gasteiger partial charge in [0.25, 0.3) is 0 Å². The van der Waals surface area contributed by atoms with Gasteiger partial charge in [0.05, 0.1) is 18.0 Å². The summed E-state index contributed by atoms with van der Waals surface area (Å²) < 4.78 is 17.7. The SMILES string of the molecule is CCOC(=O)C1=C(C)N(c2ccc(F)cc2)NN1. The summed E-state index contributed by atoms with van der Waals surface area (Å²) in [7, 11) is 0. The van der Waals surface area contributed by atoms with Gasteiger partial charge in [0.15, 0.2) is 5.70 Å². The Labute approximate surface area is 104 Å². The van der Waals surface area contributed by atoms with Crippen molar-refractivity contribution in [2.24, 2.45) is 0 Å². The van der Waals surface area contributed by atoms with Crippen LogP contribution in [0.2, 0.25) is 0 Å². The zero-order valence-corrected chi connectivity index (χ0v) is 10.2. The summed E-state index contributed by atoms with van der Waals surface area (Å²) in [6.07, 6.45) is 0. The molecule has 96 valence electrons. The van der Waals surface area contributed by atoms with Gasteiger partial charge in [-0.25, -0.2) is 9.18 Å². The van der Waals surface area contributed by atoms with Crippen LogP contribution >= 0.6 is 0 Å². The highest BCUT2D eigenvalue weighted by atomic mass is 19.1. The number of hydrazine groups is 2. The Hall–Kier alpha value is -2.08.